The van der Waals surface area contributed by atoms with Gasteiger partial charge < -0.3 is 10.4 Å². The van der Waals surface area contributed by atoms with E-state index in [4.69, 9.17) is 0 Å². The molecule has 3 heteroatoms. The molecule has 0 fully saturated rings. The van der Waals surface area contributed by atoms with Gasteiger partial charge in [-0.15, -0.1) is 0 Å². The van der Waals surface area contributed by atoms with Gasteiger partial charge in [0, 0.05) is 12.1 Å². The van der Waals surface area contributed by atoms with Gasteiger partial charge >= 0.3 is 0 Å². The van der Waals surface area contributed by atoms with E-state index in [1.54, 1.807) is 6.07 Å². The third kappa shape index (κ3) is 4.39. The molecule has 1 rings (SSSR count). The molecule has 0 amide bonds. The maximum absolute atomic E-state index is 13.5. The lowest BCUT2D eigenvalue weighted by Crippen LogP contribution is -2.44. The van der Waals surface area contributed by atoms with Crippen LogP contribution >= 0.6 is 0 Å². The van der Waals surface area contributed by atoms with Crippen LogP contribution < -0.4 is 5.32 Å². The Morgan fingerprint density at radius 1 is 1.28 bits per heavy atom. The van der Waals surface area contributed by atoms with Crippen LogP contribution in [-0.4, -0.2) is 23.8 Å². The number of hydrogen-bond donors (Lipinski definition) is 2. The van der Waals surface area contributed by atoms with Gasteiger partial charge in [-0.05, 0) is 30.9 Å². The first-order valence-corrected chi connectivity index (χ1v) is 6.68. The van der Waals surface area contributed by atoms with Gasteiger partial charge in [0.1, 0.15) is 5.82 Å². The molecule has 18 heavy (non-hydrogen) atoms. The molecule has 0 radical (unpaired) electrons. The van der Waals surface area contributed by atoms with Gasteiger partial charge in [-0.1, -0.05) is 38.5 Å². The average Bonchev–Trinajstić information content (AvgIpc) is 2.37. The highest BCUT2D eigenvalue weighted by Gasteiger charge is 2.17. The van der Waals surface area contributed by atoms with E-state index in [1.165, 1.54) is 6.07 Å². The van der Waals surface area contributed by atoms with Crippen LogP contribution in [0.5, 0.6) is 0 Å². The molecule has 0 aliphatic rings. The Labute approximate surface area is 109 Å². The van der Waals surface area contributed by atoms with Gasteiger partial charge in [-0.3, -0.25) is 0 Å². The van der Waals surface area contributed by atoms with Crippen LogP contribution in [0.15, 0.2) is 24.3 Å². The number of aliphatic hydroxyl groups excluding tert-OH is 1. The van der Waals surface area contributed by atoms with E-state index in [0.29, 0.717) is 12.3 Å². The van der Waals surface area contributed by atoms with Gasteiger partial charge in [0.25, 0.3) is 0 Å². The van der Waals surface area contributed by atoms with Gasteiger partial charge in [-0.2, -0.15) is 0 Å². The van der Waals surface area contributed by atoms with Crippen LogP contribution in [0.3, 0.4) is 0 Å². The lowest BCUT2D eigenvalue weighted by Gasteiger charge is -2.26. The fourth-order valence-corrected chi connectivity index (χ4v) is 2.10. The Morgan fingerprint density at radius 3 is 2.50 bits per heavy atom. The summed E-state index contributed by atoms with van der Waals surface area (Å²) in [6.07, 6.45) is 1.66. The van der Waals surface area contributed by atoms with Crippen molar-refractivity contribution in [3.05, 3.63) is 35.6 Å². The van der Waals surface area contributed by atoms with Crippen molar-refractivity contribution in [1.82, 2.24) is 5.32 Å². The molecule has 1 aromatic carbocycles. The summed E-state index contributed by atoms with van der Waals surface area (Å²) in [5, 5.41) is 12.7. The van der Waals surface area contributed by atoms with Crippen LogP contribution in [0.1, 0.15) is 32.8 Å². The van der Waals surface area contributed by atoms with Crippen molar-refractivity contribution in [2.24, 2.45) is 5.92 Å². The summed E-state index contributed by atoms with van der Waals surface area (Å²) in [5.41, 5.74) is 0.721. The minimum atomic E-state index is -0.157. The van der Waals surface area contributed by atoms with Crippen molar-refractivity contribution in [3.8, 4) is 0 Å². The lowest BCUT2D eigenvalue weighted by molar-refractivity contribution is 0.192. The van der Waals surface area contributed by atoms with Gasteiger partial charge in [0.05, 0.1) is 6.61 Å². The molecule has 2 N–H and O–H groups in total. The van der Waals surface area contributed by atoms with E-state index >= 15 is 0 Å². The normalized spacial score (nSPS) is 16.3. The molecule has 0 aliphatic heterocycles. The number of aliphatic hydroxyl groups is 1. The molecule has 2 nitrogen and oxygen atoms in total. The number of rotatable bonds is 7. The second kappa shape index (κ2) is 7.49. The molecule has 0 saturated carbocycles. The van der Waals surface area contributed by atoms with Crippen LogP contribution in [0.25, 0.3) is 0 Å². The van der Waals surface area contributed by atoms with Crippen molar-refractivity contribution >= 4 is 0 Å². The van der Waals surface area contributed by atoms with Crippen LogP contribution in [0.2, 0.25) is 0 Å². The van der Waals surface area contributed by atoms with Crippen molar-refractivity contribution in [3.63, 3.8) is 0 Å². The molecule has 3 atom stereocenters. The van der Waals surface area contributed by atoms with Crippen LogP contribution in [-0.2, 0) is 6.42 Å². The van der Waals surface area contributed by atoms with Gasteiger partial charge in [0.2, 0.25) is 0 Å². The predicted octanol–water partition coefficient (Wildman–Crippen LogP) is 2.75. The topological polar surface area (TPSA) is 32.3 Å². The Hall–Kier alpha value is -0.930. The standard InChI is InChI=1S/C15H24FNO/c1-4-11(2)15(10-18)17-12(3)9-13-7-5-6-8-14(13)16/h5-8,11-12,15,17-18H,4,9-10H2,1-3H3/t11-,12?,15+/m0/s1. The molecule has 0 heterocycles. The summed E-state index contributed by atoms with van der Waals surface area (Å²) in [6.45, 7) is 6.37. The van der Waals surface area contributed by atoms with Crippen LogP contribution in [0, 0.1) is 11.7 Å². The monoisotopic (exact) mass is 253 g/mol. The molecule has 1 unspecified atom stereocenters. The zero-order chi connectivity index (χ0) is 13.5. The Kier molecular flexibility index (Phi) is 6.30. The Balaban J connectivity index is 2.55. The van der Waals surface area contributed by atoms with Crippen molar-refractivity contribution in [2.45, 2.75) is 45.7 Å². The molecule has 0 aliphatic carbocycles. The van der Waals surface area contributed by atoms with Crippen molar-refractivity contribution in [2.75, 3.05) is 6.61 Å². The summed E-state index contributed by atoms with van der Waals surface area (Å²) in [6, 6.07) is 7.07. The highest BCUT2D eigenvalue weighted by Crippen LogP contribution is 2.12. The molecule has 0 spiro atoms. The first-order valence-electron chi connectivity index (χ1n) is 6.68. The van der Waals surface area contributed by atoms with Gasteiger partial charge in [0.15, 0.2) is 0 Å². The Bertz CT molecular complexity index is 356. The first kappa shape index (κ1) is 15.1. The second-order valence-electron chi connectivity index (χ2n) is 5.04. The fraction of sp³-hybridized carbons (Fsp3) is 0.600. The SMILES string of the molecule is CC[C@H](C)[C@@H](CO)NC(C)Cc1ccccc1F. The quantitative estimate of drug-likeness (QED) is 0.783. The zero-order valence-corrected chi connectivity index (χ0v) is 11.5. The van der Waals surface area contributed by atoms with Gasteiger partial charge in [-0.25, -0.2) is 4.39 Å². The van der Waals surface area contributed by atoms with Crippen LogP contribution in [0.4, 0.5) is 4.39 Å². The van der Waals surface area contributed by atoms with E-state index in [2.05, 4.69) is 19.2 Å². The second-order valence-corrected chi connectivity index (χ2v) is 5.04. The number of nitrogens with one attached hydrogen (secondary N) is 1. The molecule has 0 aromatic heterocycles. The molecule has 0 bridgehead atoms. The number of benzene rings is 1. The molecule has 0 saturated heterocycles. The third-order valence-corrected chi connectivity index (χ3v) is 3.51. The lowest BCUT2D eigenvalue weighted by atomic mass is 9.98. The highest BCUT2D eigenvalue weighted by atomic mass is 19.1. The minimum absolute atomic E-state index is 0.0803. The summed E-state index contributed by atoms with van der Waals surface area (Å²) < 4.78 is 13.5. The molecular formula is C15H24FNO. The average molecular weight is 253 g/mol. The molecular weight excluding hydrogens is 229 g/mol. The summed E-state index contributed by atoms with van der Waals surface area (Å²) in [5.74, 6) is 0.258. The largest absolute Gasteiger partial charge is 0.395 e. The summed E-state index contributed by atoms with van der Waals surface area (Å²) >= 11 is 0. The van der Waals surface area contributed by atoms with E-state index < -0.39 is 0 Å². The van der Waals surface area contributed by atoms with Crippen molar-refractivity contribution in [1.29, 1.82) is 0 Å². The predicted molar refractivity (Wildman–Crippen MR) is 73.0 cm³/mol. The maximum Gasteiger partial charge on any atom is 0.126 e. The number of halogens is 1. The molecule has 1 aromatic rings. The van der Waals surface area contributed by atoms with E-state index in [1.807, 2.05) is 19.1 Å². The number of hydrogen-bond acceptors (Lipinski definition) is 2. The highest BCUT2D eigenvalue weighted by molar-refractivity contribution is 5.18. The Morgan fingerprint density at radius 2 is 1.94 bits per heavy atom. The minimum Gasteiger partial charge on any atom is -0.395 e. The summed E-state index contributed by atoms with van der Waals surface area (Å²) in [4.78, 5) is 0. The summed E-state index contributed by atoms with van der Waals surface area (Å²) in [7, 11) is 0. The zero-order valence-electron chi connectivity index (χ0n) is 11.5. The van der Waals surface area contributed by atoms with E-state index in [-0.39, 0.29) is 24.5 Å². The smallest absolute Gasteiger partial charge is 0.126 e. The van der Waals surface area contributed by atoms with Crippen molar-refractivity contribution < 1.29 is 9.50 Å². The third-order valence-electron chi connectivity index (χ3n) is 3.51. The molecule has 102 valence electrons. The fourth-order valence-electron chi connectivity index (χ4n) is 2.10. The first-order chi connectivity index (χ1) is 8.58. The van der Waals surface area contributed by atoms with E-state index in [9.17, 15) is 9.50 Å². The van der Waals surface area contributed by atoms with E-state index in [0.717, 1.165) is 12.0 Å². The maximum atomic E-state index is 13.5.